The highest BCUT2D eigenvalue weighted by molar-refractivity contribution is 5.76. The van der Waals surface area contributed by atoms with Gasteiger partial charge in [-0.15, -0.1) is 0 Å². The number of furan rings is 1. The lowest BCUT2D eigenvalue weighted by molar-refractivity contribution is 0.109. The molecule has 0 saturated heterocycles. The van der Waals surface area contributed by atoms with Crippen LogP contribution in [0.5, 0.6) is 0 Å². The third-order valence-corrected chi connectivity index (χ3v) is 2.42. The highest BCUT2D eigenvalue weighted by atomic mass is 16.3. The van der Waals surface area contributed by atoms with E-state index in [9.17, 15) is 4.79 Å². The van der Waals surface area contributed by atoms with Gasteiger partial charge in [0.25, 0.3) is 0 Å². The van der Waals surface area contributed by atoms with Gasteiger partial charge in [-0.3, -0.25) is 4.79 Å². The quantitative estimate of drug-likeness (QED) is 0.612. The Morgan fingerprint density at radius 2 is 2.15 bits per heavy atom. The molecule has 0 radical (unpaired) electrons. The van der Waals surface area contributed by atoms with Gasteiger partial charge in [-0.25, -0.2) is 0 Å². The first-order valence-electron chi connectivity index (χ1n) is 4.36. The van der Waals surface area contributed by atoms with Gasteiger partial charge in [0.2, 0.25) is 0 Å². The van der Waals surface area contributed by atoms with E-state index in [0.29, 0.717) is 11.8 Å². The maximum Gasteiger partial charge on any atom is 0.186 e. The van der Waals surface area contributed by atoms with Gasteiger partial charge in [-0.05, 0) is 19.3 Å². The molecule has 13 heavy (non-hydrogen) atoms. The summed E-state index contributed by atoms with van der Waals surface area (Å²) < 4.78 is 5.29. The van der Waals surface area contributed by atoms with Crippen LogP contribution < -0.4 is 0 Å². The zero-order chi connectivity index (χ0) is 9.26. The molecular weight excluding hydrogens is 166 g/mol. The average molecular weight is 175 g/mol. The lowest BCUT2D eigenvalue weighted by Crippen LogP contribution is -2.00. The average Bonchev–Trinajstić information content (AvgIpc) is 2.55. The minimum absolute atomic E-state index is 0.203. The minimum atomic E-state index is 0.203. The lowest BCUT2D eigenvalue weighted by atomic mass is 9.95. The SMILES string of the molecule is N#Cc1c(C=O)oc2c1CCCC2. The molecule has 0 aromatic carbocycles. The van der Waals surface area contributed by atoms with Crippen molar-refractivity contribution in [2.24, 2.45) is 0 Å². The van der Waals surface area contributed by atoms with Crippen LogP contribution in [-0.4, -0.2) is 6.29 Å². The van der Waals surface area contributed by atoms with Crippen LogP contribution in [0.1, 0.15) is 40.3 Å². The molecule has 3 heteroatoms. The van der Waals surface area contributed by atoms with Crippen LogP contribution in [0.3, 0.4) is 0 Å². The first kappa shape index (κ1) is 8.06. The Hall–Kier alpha value is -1.56. The number of aldehydes is 1. The standard InChI is InChI=1S/C10H9NO2/c11-5-8-7-3-1-2-4-9(7)13-10(8)6-12/h6H,1-4H2. The summed E-state index contributed by atoms with van der Waals surface area (Å²) in [7, 11) is 0. The summed E-state index contributed by atoms with van der Waals surface area (Å²) in [6, 6.07) is 2.03. The molecule has 1 aliphatic carbocycles. The molecule has 1 aromatic rings. The molecule has 0 atom stereocenters. The van der Waals surface area contributed by atoms with Crippen molar-refractivity contribution in [1.82, 2.24) is 0 Å². The third-order valence-electron chi connectivity index (χ3n) is 2.42. The van der Waals surface area contributed by atoms with Gasteiger partial charge in [0.15, 0.2) is 12.0 Å². The predicted molar refractivity (Wildman–Crippen MR) is 45.5 cm³/mol. The molecule has 0 aliphatic heterocycles. The third kappa shape index (κ3) is 1.15. The van der Waals surface area contributed by atoms with E-state index in [2.05, 4.69) is 0 Å². The number of hydrogen-bond donors (Lipinski definition) is 0. The summed E-state index contributed by atoms with van der Waals surface area (Å²) >= 11 is 0. The molecule has 1 aliphatic rings. The molecule has 0 bridgehead atoms. The second-order valence-electron chi connectivity index (χ2n) is 3.18. The van der Waals surface area contributed by atoms with Gasteiger partial charge in [-0.1, -0.05) is 0 Å². The summed E-state index contributed by atoms with van der Waals surface area (Å²) in [6.45, 7) is 0. The van der Waals surface area contributed by atoms with E-state index in [1.54, 1.807) is 0 Å². The normalized spacial score (nSPS) is 14.7. The van der Waals surface area contributed by atoms with Crippen LogP contribution in [0.4, 0.5) is 0 Å². The van der Waals surface area contributed by atoms with E-state index in [1.165, 1.54) is 0 Å². The number of nitrogens with zero attached hydrogens (tertiary/aromatic N) is 1. The lowest BCUT2D eigenvalue weighted by Gasteiger charge is -2.07. The van der Waals surface area contributed by atoms with Crippen molar-refractivity contribution in [2.45, 2.75) is 25.7 Å². The second kappa shape index (κ2) is 3.06. The summed E-state index contributed by atoms with van der Waals surface area (Å²) in [5.41, 5.74) is 1.40. The van der Waals surface area contributed by atoms with Crippen LogP contribution >= 0.6 is 0 Å². The van der Waals surface area contributed by atoms with Crippen LogP contribution in [-0.2, 0) is 12.8 Å². The number of nitriles is 1. The van der Waals surface area contributed by atoms with E-state index >= 15 is 0 Å². The summed E-state index contributed by atoms with van der Waals surface area (Å²) in [5, 5.41) is 8.83. The largest absolute Gasteiger partial charge is 0.457 e. The molecular formula is C10H9NO2. The highest BCUT2D eigenvalue weighted by Gasteiger charge is 2.21. The van der Waals surface area contributed by atoms with Crippen LogP contribution in [0.15, 0.2) is 4.42 Å². The van der Waals surface area contributed by atoms with Crippen LogP contribution in [0.2, 0.25) is 0 Å². The van der Waals surface area contributed by atoms with Crippen LogP contribution in [0.25, 0.3) is 0 Å². The Morgan fingerprint density at radius 1 is 1.38 bits per heavy atom. The van der Waals surface area contributed by atoms with E-state index in [0.717, 1.165) is 37.0 Å². The molecule has 0 fully saturated rings. The summed E-state index contributed by atoms with van der Waals surface area (Å²) in [4.78, 5) is 10.6. The number of rotatable bonds is 1. The predicted octanol–water partition coefficient (Wildman–Crippen LogP) is 1.84. The van der Waals surface area contributed by atoms with Crippen molar-refractivity contribution in [3.8, 4) is 6.07 Å². The van der Waals surface area contributed by atoms with Gasteiger partial charge in [0.1, 0.15) is 17.4 Å². The maximum absolute atomic E-state index is 10.6. The first-order valence-corrected chi connectivity index (χ1v) is 4.36. The fraction of sp³-hybridized carbons (Fsp3) is 0.400. The Bertz CT molecular complexity index is 384. The zero-order valence-electron chi connectivity index (χ0n) is 7.17. The van der Waals surface area contributed by atoms with Gasteiger partial charge in [0, 0.05) is 12.0 Å². The van der Waals surface area contributed by atoms with Crippen molar-refractivity contribution < 1.29 is 9.21 Å². The topological polar surface area (TPSA) is 54.0 Å². The van der Waals surface area contributed by atoms with Gasteiger partial charge in [0.05, 0.1) is 0 Å². The van der Waals surface area contributed by atoms with Crippen molar-refractivity contribution in [3.05, 3.63) is 22.6 Å². The molecule has 0 unspecified atom stereocenters. The van der Waals surface area contributed by atoms with Gasteiger partial charge in [-0.2, -0.15) is 5.26 Å². The molecule has 1 heterocycles. The highest BCUT2D eigenvalue weighted by Crippen LogP contribution is 2.28. The maximum atomic E-state index is 10.6. The molecule has 0 spiro atoms. The summed E-state index contributed by atoms with van der Waals surface area (Å²) in [6.07, 6.45) is 4.52. The van der Waals surface area contributed by atoms with Crippen molar-refractivity contribution in [3.63, 3.8) is 0 Å². The number of hydrogen-bond acceptors (Lipinski definition) is 3. The Morgan fingerprint density at radius 3 is 2.85 bits per heavy atom. The van der Waals surface area contributed by atoms with E-state index in [-0.39, 0.29) is 5.76 Å². The minimum Gasteiger partial charge on any atom is -0.457 e. The molecule has 2 rings (SSSR count). The second-order valence-corrected chi connectivity index (χ2v) is 3.18. The first-order chi connectivity index (χ1) is 6.36. The number of fused-ring (bicyclic) bond motifs is 1. The molecule has 0 saturated carbocycles. The van der Waals surface area contributed by atoms with Crippen LogP contribution in [0, 0.1) is 11.3 Å². The van der Waals surface area contributed by atoms with Crippen molar-refractivity contribution in [1.29, 1.82) is 5.26 Å². The number of aryl methyl sites for hydroxylation is 1. The van der Waals surface area contributed by atoms with Crippen molar-refractivity contribution in [2.75, 3.05) is 0 Å². The Labute approximate surface area is 76.0 Å². The Balaban J connectivity index is 2.58. The van der Waals surface area contributed by atoms with Gasteiger partial charge >= 0.3 is 0 Å². The monoisotopic (exact) mass is 175 g/mol. The van der Waals surface area contributed by atoms with Gasteiger partial charge < -0.3 is 4.42 Å². The molecule has 0 N–H and O–H groups in total. The number of carbonyl (C=O) groups excluding carboxylic acids is 1. The van der Waals surface area contributed by atoms with Crippen molar-refractivity contribution >= 4 is 6.29 Å². The molecule has 0 amide bonds. The smallest absolute Gasteiger partial charge is 0.186 e. The molecule has 66 valence electrons. The summed E-state index contributed by atoms with van der Waals surface area (Å²) in [5.74, 6) is 1.04. The fourth-order valence-electron chi connectivity index (χ4n) is 1.79. The fourth-order valence-corrected chi connectivity index (χ4v) is 1.79. The van der Waals surface area contributed by atoms with E-state index in [4.69, 9.17) is 9.68 Å². The van der Waals surface area contributed by atoms with E-state index in [1.807, 2.05) is 6.07 Å². The Kier molecular flexibility index (Phi) is 1.90. The molecule has 1 aromatic heterocycles. The zero-order valence-corrected chi connectivity index (χ0v) is 7.17. The van der Waals surface area contributed by atoms with E-state index < -0.39 is 0 Å². The number of carbonyl (C=O) groups is 1. The molecule has 3 nitrogen and oxygen atoms in total.